The molecule has 0 aliphatic carbocycles. The van der Waals surface area contributed by atoms with Gasteiger partial charge in [0.2, 0.25) is 11.8 Å². The molecule has 8 heteroatoms. The van der Waals surface area contributed by atoms with Crippen molar-refractivity contribution < 1.29 is 28.2 Å². The van der Waals surface area contributed by atoms with Crippen molar-refractivity contribution in [3.63, 3.8) is 0 Å². The number of imide groups is 1. The van der Waals surface area contributed by atoms with Crippen molar-refractivity contribution >= 4 is 34.6 Å². The first-order valence-electron chi connectivity index (χ1n) is 7.33. The third kappa shape index (κ3) is 2.85. The second-order valence-electron chi connectivity index (χ2n) is 5.43. The monoisotopic (exact) mass is 335 g/mol. The van der Waals surface area contributed by atoms with E-state index in [1.807, 2.05) is 0 Å². The van der Waals surface area contributed by atoms with Crippen LogP contribution in [0.1, 0.15) is 37.8 Å². The highest BCUT2D eigenvalue weighted by atomic mass is 16.5. The summed E-state index contributed by atoms with van der Waals surface area (Å²) in [6, 6.07) is 4.04. The summed E-state index contributed by atoms with van der Waals surface area (Å²) in [5, 5.41) is 5.43. The summed E-state index contributed by atoms with van der Waals surface area (Å²) >= 11 is 0. The molecule has 0 unspecified atom stereocenters. The summed E-state index contributed by atoms with van der Waals surface area (Å²) in [5.41, 5.74) is 1.32. The Bertz CT molecular complexity index is 868. The number of benzene rings is 1. The number of amides is 3. The molecule has 1 aliphatic rings. The van der Waals surface area contributed by atoms with Crippen molar-refractivity contribution in [2.45, 2.75) is 18.9 Å². The fraction of sp³-hybridized carbons (Fsp3) is 0.250. The molecule has 1 fully saturated rings. The number of methoxy groups -OCH3 is 1. The minimum absolute atomic E-state index is 0. The smallest absolute Gasteiger partial charge is 0.337 e. The Morgan fingerprint density at radius 1 is 1.33 bits per heavy atom. The van der Waals surface area contributed by atoms with Crippen LogP contribution in [0.5, 0.6) is 0 Å². The quantitative estimate of drug-likeness (QED) is 0.576. The predicted octanol–water partition coefficient (Wildman–Crippen LogP) is 1.23. The number of carbonyl (C=O) groups excluding carboxylic acids is 4. The van der Waals surface area contributed by atoms with E-state index in [9.17, 15) is 19.2 Å². The molecule has 1 atom stereocenters. The minimum Gasteiger partial charge on any atom is -0.465 e. The van der Waals surface area contributed by atoms with Gasteiger partial charge in [-0.15, -0.1) is 0 Å². The average molecular weight is 335 g/mol. The van der Waals surface area contributed by atoms with E-state index in [0.717, 1.165) is 0 Å². The third-order valence-electron chi connectivity index (χ3n) is 3.89. The number of hydrogen-bond acceptors (Lipinski definition) is 5. The second kappa shape index (κ2) is 6.15. The van der Waals surface area contributed by atoms with Crippen LogP contribution >= 0.6 is 0 Å². The van der Waals surface area contributed by atoms with Crippen molar-refractivity contribution in [3.8, 4) is 0 Å². The lowest BCUT2D eigenvalue weighted by molar-refractivity contribution is -0.134. The SMILES string of the molecule is COC(=O)c1ccc2c(C(=O)N[C@H]3CCC(=O)NC3=O)c[nH]c2c1.[HH].[HH].[HH]. The number of aromatic amines is 1. The van der Waals surface area contributed by atoms with Gasteiger partial charge >= 0.3 is 5.97 Å². The van der Waals surface area contributed by atoms with Gasteiger partial charge in [-0.3, -0.25) is 19.7 Å². The van der Waals surface area contributed by atoms with Crippen LogP contribution < -0.4 is 10.6 Å². The van der Waals surface area contributed by atoms with Crippen LogP contribution in [-0.2, 0) is 14.3 Å². The van der Waals surface area contributed by atoms with Gasteiger partial charge in [0.15, 0.2) is 0 Å². The van der Waals surface area contributed by atoms with Crippen molar-refractivity contribution in [1.82, 2.24) is 15.6 Å². The van der Waals surface area contributed by atoms with Crippen molar-refractivity contribution in [2.75, 3.05) is 7.11 Å². The first-order valence-corrected chi connectivity index (χ1v) is 7.33. The molecule has 3 amide bonds. The number of ether oxygens (including phenoxy) is 1. The lowest BCUT2D eigenvalue weighted by atomic mass is 10.0. The first kappa shape index (κ1) is 15.7. The van der Waals surface area contributed by atoms with E-state index in [1.54, 1.807) is 18.2 Å². The molecule has 0 spiro atoms. The Hall–Kier alpha value is -3.16. The van der Waals surface area contributed by atoms with Crippen molar-refractivity contribution in [3.05, 3.63) is 35.5 Å². The average Bonchev–Trinajstić information content (AvgIpc) is 2.99. The summed E-state index contributed by atoms with van der Waals surface area (Å²) in [6.07, 6.45) is 1.96. The number of nitrogens with one attached hydrogen (secondary N) is 3. The molecule has 1 aromatic heterocycles. The Labute approximate surface area is 141 Å². The molecule has 0 saturated carbocycles. The van der Waals surface area contributed by atoms with E-state index in [1.165, 1.54) is 13.3 Å². The topological polar surface area (TPSA) is 117 Å². The molecule has 0 radical (unpaired) electrons. The van der Waals surface area contributed by atoms with Crippen molar-refractivity contribution in [1.29, 1.82) is 0 Å². The highest BCUT2D eigenvalue weighted by molar-refractivity contribution is 6.10. The third-order valence-corrected chi connectivity index (χ3v) is 3.89. The Kier molecular flexibility index (Phi) is 4.03. The van der Waals surface area contributed by atoms with Gasteiger partial charge in [0.1, 0.15) is 6.04 Å². The summed E-state index contributed by atoms with van der Waals surface area (Å²) < 4.78 is 4.66. The van der Waals surface area contributed by atoms with Crippen LogP contribution in [-0.4, -0.2) is 41.8 Å². The number of hydrogen-bond donors (Lipinski definition) is 3. The summed E-state index contributed by atoms with van der Waals surface area (Å²) in [4.78, 5) is 49.7. The number of rotatable bonds is 3. The number of carbonyl (C=O) groups is 4. The molecule has 1 aliphatic heterocycles. The van der Waals surface area contributed by atoms with Gasteiger partial charge in [0, 0.05) is 27.8 Å². The Balaban J connectivity index is 0.00000225. The van der Waals surface area contributed by atoms with E-state index >= 15 is 0 Å². The maximum Gasteiger partial charge on any atom is 0.337 e. The summed E-state index contributed by atoms with van der Waals surface area (Å²) in [6.45, 7) is 0. The van der Waals surface area contributed by atoms with Crippen LogP contribution in [0.25, 0.3) is 10.9 Å². The van der Waals surface area contributed by atoms with Gasteiger partial charge in [-0.25, -0.2) is 4.79 Å². The molecule has 24 heavy (non-hydrogen) atoms. The van der Waals surface area contributed by atoms with Crippen LogP contribution in [0, 0.1) is 0 Å². The lowest BCUT2D eigenvalue weighted by Crippen LogP contribution is -2.52. The molecule has 0 bridgehead atoms. The van der Waals surface area contributed by atoms with Crippen LogP contribution in [0.3, 0.4) is 0 Å². The highest BCUT2D eigenvalue weighted by Crippen LogP contribution is 2.20. The molecule has 1 aromatic carbocycles. The van der Waals surface area contributed by atoms with E-state index in [-0.39, 0.29) is 23.0 Å². The number of esters is 1. The molecule has 130 valence electrons. The highest BCUT2D eigenvalue weighted by Gasteiger charge is 2.28. The zero-order valence-corrected chi connectivity index (χ0v) is 12.8. The van der Waals surface area contributed by atoms with Crippen molar-refractivity contribution in [2.24, 2.45) is 0 Å². The maximum atomic E-state index is 12.4. The van der Waals surface area contributed by atoms with E-state index < -0.39 is 23.8 Å². The largest absolute Gasteiger partial charge is 0.465 e. The molecule has 8 nitrogen and oxygen atoms in total. The van der Waals surface area contributed by atoms with Gasteiger partial charge in [-0.1, -0.05) is 6.07 Å². The number of piperidine rings is 1. The lowest BCUT2D eigenvalue weighted by Gasteiger charge is -2.21. The van der Waals surface area contributed by atoms with Crippen LogP contribution in [0.4, 0.5) is 0 Å². The van der Waals surface area contributed by atoms with E-state index in [2.05, 4.69) is 20.4 Å². The summed E-state index contributed by atoms with van der Waals surface area (Å²) in [5.74, 6) is -1.75. The van der Waals surface area contributed by atoms with E-state index in [4.69, 9.17) is 0 Å². The maximum absolute atomic E-state index is 12.4. The first-order chi connectivity index (χ1) is 11.5. The fourth-order valence-electron chi connectivity index (χ4n) is 2.63. The molecule has 3 N–H and O–H groups in total. The molecule has 2 aromatic rings. The number of fused-ring (bicyclic) bond motifs is 1. The fourth-order valence-corrected chi connectivity index (χ4v) is 2.63. The molecule has 1 saturated heterocycles. The van der Waals surface area contributed by atoms with Gasteiger partial charge < -0.3 is 15.0 Å². The van der Waals surface area contributed by atoms with Gasteiger partial charge in [-0.05, 0) is 18.6 Å². The van der Waals surface area contributed by atoms with Gasteiger partial charge in [0.25, 0.3) is 5.91 Å². The zero-order valence-electron chi connectivity index (χ0n) is 12.8. The molecular weight excluding hydrogens is 314 g/mol. The normalized spacial score (nSPS) is 17.5. The Morgan fingerprint density at radius 2 is 2.12 bits per heavy atom. The standard InChI is InChI=1S/C16H15N3O5.3H2/c1-24-16(23)8-2-3-9-10(7-17-12(9)6-8)14(21)18-11-4-5-13(20)19-15(11)22;;;/h2-3,6-7,11,17H,4-5H2,1H3,(H,18,21)(H,19,20,22);3*1H/t11-;;;/m0.../s1. The zero-order chi connectivity index (χ0) is 17.3. The summed E-state index contributed by atoms with van der Waals surface area (Å²) in [7, 11) is 1.29. The Morgan fingerprint density at radius 3 is 2.83 bits per heavy atom. The number of aromatic nitrogens is 1. The molecule has 2 heterocycles. The van der Waals surface area contributed by atoms with Gasteiger partial charge in [-0.2, -0.15) is 0 Å². The minimum atomic E-state index is -0.741. The molecular formula is C16H21N3O5. The molecule has 3 rings (SSSR count). The predicted molar refractivity (Wildman–Crippen MR) is 89.6 cm³/mol. The number of H-pyrrole nitrogens is 1. The van der Waals surface area contributed by atoms with Crippen LogP contribution in [0.2, 0.25) is 0 Å². The van der Waals surface area contributed by atoms with Crippen LogP contribution in [0.15, 0.2) is 24.4 Å². The second-order valence-corrected chi connectivity index (χ2v) is 5.43. The van der Waals surface area contributed by atoms with E-state index in [0.29, 0.717) is 22.0 Å². The van der Waals surface area contributed by atoms with Gasteiger partial charge in [0.05, 0.1) is 18.2 Å².